The van der Waals surface area contributed by atoms with Crippen LogP contribution in [0.1, 0.15) is 21.6 Å². The van der Waals surface area contributed by atoms with Crippen LogP contribution in [0.25, 0.3) is 0 Å². The zero-order valence-corrected chi connectivity index (χ0v) is 14.7. The molecule has 0 saturated carbocycles. The molecule has 2 heterocycles. The van der Waals surface area contributed by atoms with Crippen LogP contribution >= 0.6 is 0 Å². The van der Waals surface area contributed by atoms with Crippen LogP contribution in [-0.4, -0.2) is 22.9 Å². The maximum absolute atomic E-state index is 12.3. The van der Waals surface area contributed by atoms with E-state index in [0.717, 1.165) is 17.1 Å². The third-order valence-electron chi connectivity index (χ3n) is 4.06. The number of nitrogens with one attached hydrogen (secondary N) is 2. The fourth-order valence-electron chi connectivity index (χ4n) is 2.65. The molecule has 1 aliphatic rings. The van der Waals surface area contributed by atoms with Crippen LogP contribution in [0.5, 0.6) is 11.5 Å². The van der Waals surface area contributed by atoms with E-state index in [2.05, 4.69) is 20.8 Å². The Balaban J connectivity index is 1.36. The zero-order valence-electron chi connectivity index (χ0n) is 14.7. The van der Waals surface area contributed by atoms with Gasteiger partial charge in [0.25, 0.3) is 5.91 Å². The summed E-state index contributed by atoms with van der Waals surface area (Å²) >= 11 is 0. The number of hydrogen-bond acceptors (Lipinski definition) is 7. The number of carbonyl (C=O) groups is 1. The standard InChI is InChI=1S/C20H15N5O3/c21-10-13-2-1-3-15(8-13)23-20(26)16-5-7-19(25-24-16)22-11-14-4-6-17-18(9-14)28-12-27-17/h1-9H,11-12H2,(H,22,25)(H,23,26). The lowest BCUT2D eigenvalue weighted by Gasteiger charge is -2.07. The Labute approximate surface area is 160 Å². The quantitative estimate of drug-likeness (QED) is 0.707. The minimum Gasteiger partial charge on any atom is -0.454 e. The molecule has 0 fully saturated rings. The van der Waals surface area contributed by atoms with Gasteiger partial charge in [0, 0.05) is 12.2 Å². The van der Waals surface area contributed by atoms with Gasteiger partial charge in [0.05, 0.1) is 11.6 Å². The number of fused-ring (bicyclic) bond motifs is 1. The van der Waals surface area contributed by atoms with Crippen LogP contribution < -0.4 is 20.1 Å². The van der Waals surface area contributed by atoms with Gasteiger partial charge in [0.15, 0.2) is 17.2 Å². The van der Waals surface area contributed by atoms with Crippen molar-refractivity contribution in [1.82, 2.24) is 10.2 Å². The van der Waals surface area contributed by atoms with Crippen molar-refractivity contribution in [2.75, 3.05) is 17.4 Å². The van der Waals surface area contributed by atoms with Gasteiger partial charge in [-0.3, -0.25) is 4.79 Å². The molecular weight excluding hydrogens is 358 g/mol. The second-order valence-electron chi connectivity index (χ2n) is 5.99. The SMILES string of the molecule is N#Cc1cccc(NC(=O)c2ccc(NCc3ccc4c(c3)OCO4)nn2)c1. The molecule has 0 spiro atoms. The maximum Gasteiger partial charge on any atom is 0.276 e. The molecule has 0 aliphatic carbocycles. The molecular formula is C20H15N5O3. The summed E-state index contributed by atoms with van der Waals surface area (Å²) in [7, 11) is 0. The second kappa shape index (κ2) is 7.63. The molecule has 2 N–H and O–H groups in total. The van der Waals surface area contributed by atoms with Gasteiger partial charge in [-0.05, 0) is 48.0 Å². The Hall–Kier alpha value is -4.12. The largest absolute Gasteiger partial charge is 0.454 e. The van der Waals surface area contributed by atoms with E-state index in [-0.39, 0.29) is 12.5 Å². The van der Waals surface area contributed by atoms with E-state index in [1.165, 1.54) is 0 Å². The van der Waals surface area contributed by atoms with Crippen molar-refractivity contribution in [3.63, 3.8) is 0 Å². The number of amides is 1. The average Bonchev–Trinajstić information content (AvgIpc) is 3.20. The van der Waals surface area contributed by atoms with Crippen molar-refractivity contribution < 1.29 is 14.3 Å². The molecule has 4 rings (SSSR count). The summed E-state index contributed by atoms with van der Waals surface area (Å²) in [4.78, 5) is 12.3. The van der Waals surface area contributed by atoms with Gasteiger partial charge in [-0.1, -0.05) is 12.1 Å². The minimum atomic E-state index is -0.398. The predicted octanol–water partition coefficient (Wildman–Crippen LogP) is 2.94. The number of benzene rings is 2. The topological polar surface area (TPSA) is 109 Å². The summed E-state index contributed by atoms with van der Waals surface area (Å²) in [5.74, 6) is 1.60. The van der Waals surface area contributed by atoms with Gasteiger partial charge in [-0.15, -0.1) is 10.2 Å². The number of ether oxygens (including phenoxy) is 2. The Morgan fingerprint density at radius 2 is 1.96 bits per heavy atom. The number of hydrogen-bond donors (Lipinski definition) is 2. The molecule has 28 heavy (non-hydrogen) atoms. The van der Waals surface area contributed by atoms with E-state index in [1.54, 1.807) is 36.4 Å². The van der Waals surface area contributed by atoms with Crippen molar-refractivity contribution in [1.29, 1.82) is 5.26 Å². The van der Waals surface area contributed by atoms with Crippen molar-refractivity contribution in [2.45, 2.75) is 6.54 Å². The Morgan fingerprint density at radius 3 is 2.79 bits per heavy atom. The normalized spacial score (nSPS) is 11.5. The highest BCUT2D eigenvalue weighted by Crippen LogP contribution is 2.32. The molecule has 8 nitrogen and oxygen atoms in total. The molecule has 0 unspecified atom stereocenters. The van der Waals surface area contributed by atoms with Gasteiger partial charge in [-0.25, -0.2) is 0 Å². The number of aromatic nitrogens is 2. The molecule has 2 aromatic carbocycles. The Kier molecular flexibility index (Phi) is 4.72. The summed E-state index contributed by atoms with van der Waals surface area (Å²) in [6.07, 6.45) is 0. The van der Waals surface area contributed by atoms with Crippen LogP contribution in [0.15, 0.2) is 54.6 Å². The Morgan fingerprint density at radius 1 is 1.07 bits per heavy atom. The van der Waals surface area contributed by atoms with E-state index >= 15 is 0 Å². The molecule has 3 aromatic rings. The molecule has 138 valence electrons. The molecule has 1 amide bonds. The second-order valence-corrected chi connectivity index (χ2v) is 5.99. The lowest BCUT2D eigenvalue weighted by Crippen LogP contribution is -2.15. The van der Waals surface area contributed by atoms with Crippen molar-refractivity contribution >= 4 is 17.4 Å². The zero-order chi connectivity index (χ0) is 19.3. The average molecular weight is 373 g/mol. The fourth-order valence-corrected chi connectivity index (χ4v) is 2.65. The lowest BCUT2D eigenvalue weighted by molar-refractivity contribution is 0.102. The first kappa shape index (κ1) is 17.3. The van der Waals surface area contributed by atoms with Gasteiger partial charge < -0.3 is 20.1 Å². The van der Waals surface area contributed by atoms with Crippen molar-refractivity contribution in [3.05, 3.63) is 71.4 Å². The number of carbonyl (C=O) groups excluding carboxylic acids is 1. The molecule has 0 bridgehead atoms. The summed E-state index contributed by atoms with van der Waals surface area (Å²) in [5.41, 5.74) is 2.17. The van der Waals surface area contributed by atoms with E-state index in [1.807, 2.05) is 24.3 Å². The van der Waals surface area contributed by atoms with E-state index < -0.39 is 5.91 Å². The molecule has 0 saturated heterocycles. The van der Waals surface area contributed by atoms with Crippen LogP contribution in [0.4, 0.5) is 11.5 Å². The van der Waals surface area contributed by atoms with Crippen molar-refractivity contribution in [2.24, 2.45) is 0 Å². The van der Waals surface area contributed by atoms with Crippen LogP contribution in [-0.2, 0) is 6.54 Å². The maximum atomic E-state index is 12.3. The highest BCUT2D eigenvalue weighted by atomic mass is 16.7. The lowest BCUT2D eigenvalue weighted by atomic mass is 10.2. The molecule has 8 heteroatoms. The van der Waals surface area contributed by atoms with E-state index in [9.17, 15) is 4.79 Å². The summed E-state index contributed by atoms with van der Waals surface area (Å²) in [6.45, 7) is 0.764. The number of rotatable bonds is 5. The first-order valence-corrected chi connectivity index (χ1v) is 8.49. The number of nitrogens with zero attached hydrogens (tertiary/aromatic N) is 3. The number of nitriles is 1. The third-order valence-corrected chi connectivity index (χ3v) is 4.06. The summed E-state index contributed by atoms with van der Waals surface area (Å²) < 4.78 is 10.6. The van der Waals surface area contributed by atoms with Gasteiger partial charge in [0.2, 0.25) is 6.79 Å². The van der Waals surface area contributed by atoms with E-state index in [0.29, 0.717) is 23.6 Å². The van der Waals surface area contributed by atoms with Crippen LogP contribution in [0.3, 0.4) is 0 Å². The van der Waals surface area contributed by atoms with E-state index in [4.69, 9.17) is 14.7 Å². The van der Waals surface area contributed by atoms with Crippen molar-refractivity contribution in [3.8, 4) is 17.6 Å². The molecule has 1 aromatic heterocycles. The monoisotopic (exact) mass is 373 g/mol. The highest BCUT2D eigenvalue weighted by Gasteiger charge is 2.13. The summed E-state index contributed by atoms with van der Waals surface area (Å²) in [6, 6.07) is 17.6. The minimum absolute atomic E-state index is 0.177. The highest BCUT2D eigenvalue weighted by molar-refractivity contribution is 6.02. The number of anilines is 2. The smallest absolute Gasteiger partial charge is 0.276 e. The predicted molar refractivity (Wildman–Crippen MR) is 101 cm³/mol. The summed E-state index contributed by atoms with van der Waals surface area (Å²) in [5, 5.41) is 22.7. The Bertz CT molecular complexity index is 1060. The van der Waals surface area contributed by atoms with Gasteiger partial charge in [-0.2, -0.15) is 5.26 Å². The first-order valence-electron chi connectivity index (χ1n) is 8.49. The van der Waals surface area contributed by atoms with Crippen LogP contribution in [0, 0.1) is 11.3 Å². The molecule has 0 radical (unpaired) electrons. The van der Waals surface area contributed by atoms with Crippen LogP contribution in [0.2, 0.25) is 0 Å². The molecule has 1 aliphatic heterocycles. The third kappa shape index (κ3) is 3.83. The van der Waals surface area contributed by atoms with Gasteiger partial charge in [0.1, 0.15) is 5.82 Å². The van der Waals surface area contributed by atoms with Gasteiger partial charge >= 0.3 is 0 Å². The fraction of sp³-hybridized carbons (Fsp3) is 0.100. The first-order chi connectivity index (χ1) is 13.7. The molecule has 0 atom stereocenters.